The van der Waals surface area contributed by atoms with Crippen LogP contribution < -0.4 is 0 Å². The molecule has 0 unspecified atom stereocenters. The largest absolute Gasteiger partial charge is 0.347 e. The van der Waals surface area contributed by atoms with E-state index in [4.69, 9.17) is 0 Å². The molecule has 5 heteroatoms. The van der Waals surface area contributed by atoms with Gasteiger partial charge in [-0.2, -0.15) is 0 Å². The van der Waals surface area contributed by atoms with Crippen LogP contribution >= 0.6 is 0 Å². The van der Waals surface area contributed by atoms with Crippen LogP contribution in [0, 0.1) is 0 Å². The standard InChI is InChI=1S/C18H22N4O/c1-3-13(2)4-5-14-6-8-19-10-15(14)18(23)22-9-7-16-17(11-22)21-12-20-16/h3-5,10,12H,6-9,11H2,1-2H3,(H,20,21)/b5-4-,13-3-. The topological polar surface area (TPSA) is 61.4 Å². The Morgan fingerprint density at radius 2 is 2.26 bits per heavy atom. The summed E-state index contributed by atoms with van der Waals surface area (Å²) in [5.41, 5.74) is 5.09. The van der Waals surface area contributed by atoms with Crippen molar-refractivity contribution in [3.8, 4) is 0 Å². The lowest BCUT2D eigenvalue weighted by Gasteiger charge is -2.27. The van der Waals surface area contributed by atoms with E-state index in [-0.39, 0.29) is 5.91 Å². The van der Waals surface area contributed by atoms with Crippen LogP contribution in [0.3, 0.4) is 0 Å². The molecule has 1 aromatic rings. The van der Waals surface area contributed by atoms with E-state index >= 15 is 0 Å². The van der Waals surface area contributed by atoms with Gasteiger partial charge in [0.05, 0.1) is 29.8 Å². The number of carbonyl (C=O) groups excluding carboxylic acids is 1. The first-order valence-electron chi connectivity index (χ1n) is 8.03. The van der Waals surface area contributed by atoms with Gasteiger partial charge in [-0.1, -0.05) is 23.8 Å². The monoisotopic (exact) mass is 310 g/mol. The van der Waals surface area contributed by atoms with Crippen LogP contribution in [0.25, 0.3) is 0 Å². The predicted molar refractivity (Wildman–Crippen MR) is 91.3 cm³/mol. The van der Waals surface area contributed by atoms with E-state index in [9.17, 15) is 4.79 Å². The minimum atomic E-state index is 0.0616. The summed E-state index contributed by atoms with van der Waals surface area (Å²) in [5.74, 6) is 0.0616. The van der Waals surface area contributed by atoms with Gasteiger partial charge in [0.1, 0.15) is 0 Å². The number of imidazole rings is 1. The Kier molecular flexibility index (Phi) is 4.55. The molecule has 23 heavy (non-hydrogen) atoms. The number of rotatable bonds is 3. The van der Waals surface area contributed by atoms with E-state index in [1.54, 1.807) is 12.5 Å². The van der Waals surface area contributed by atoms with Gasteiger partial charge < -0.3 is 9.88 Å². The lowest BCUT2D eigenvalue weighted by Crippen LogP contribution is -2.38. The van der Waals surface area contributed by atoms with E-state index in [1.807, 2.05) is 11.8 Å². The highest BCUT2D eigenvalue weighted by Crippen LogP contribution is 2.21. The molecule has 0 bridgehead atoms. The van der Waals surface area contributed by atoms with E-state index in [0.29, 0.717) is 13.1 Å². The first kappa shape index (κ1) is 15.5. The fourth-order valence-corrected chi connectivity index (χ4v) is 2.81. The molecule has 1 aromatic heterocycles. The summed E-state index contributed by atoms with van der Waals surface area (Å²) in [6.45, 7) is 6.11. The van der Waals surface area contributed by atoms with Gasteiger partial charge in [-0.15, -0.1) is 0 Å². The summed E-state index contributed by atoms with van der Waals surface area (Å²) in [6.07, 6.45) is 11.2. The molecule has 0 atom stereocenters. The number of allylic oxidation sites excluding steroid dienone is 4. The summed E-state index contributed by atoms with van der Waals surface area (Å²) in [5, 5.41) is 0. The van der Waals surface area contributed by atoms with Crippen molar-refractivity contribution in [1.29, 1.82) is 0 Å². The molecule has 2 aliphatic heterocycles. The number of hydrogen-bond donors (Lipinski definition) is 1. The highest BCUT2D eigenvalue weighted by atomic mass is 16.2. The van der Waals surface area contributed by atoms with Crippen molar-refractivity contribution in [1.82, 2.24) is 14.9 Å². The number of aromatic nitrogens is 2. The second-order valence-corrected chi connectivity index (χ2v) is 5.89. The Bertz CT molecular complexity index is 721. The molecule has 5 nitrogen and oxygen atoms in total. The van der Waals surface area contributed by atoms with Gasteiger partial charge in [-0.3, -0.25) is 9.79 Å². The number of fused-ring (bicyclic) bond motifs is 1. The summed E-state index contributed by atoms with van der Waals surface area (Å²) in [7, 11) is 0. The lowest BCUT2D eigenvalue weighted by molar-refractivity contribution is -0.127. The second kappa shape index (κ2) is 6.77. The van der Waals surface area contributed by atoms with Crippen molar-refractivity contribution in [2.45, 2.75) is 33.2 Å². The molecule has 3 heterocycles. The zero-order valence-electron chi connectivity index (χ0n) is 13.7. The maximum atomic E-state index is 12.9. The third-order valence-corrected chi connectivity index (χ3v) is 4.37. The lowest BCUT2D eigenvalue weighted by atomic mass is 10.00. The van der Waals surface area contributed by atoms with Crippen LogP contribution in [0.1, 0.15) is 31.7 Å². The Hall–Kier alpha value is -2.43. The van der Waals surface area contributed by atoms with Crippen LogP contribution in [-0.2, 0) is 17.8 Å². The van der Waals surface area contributed by atoms with Gasteiger partial charge in [0.2, 0.25) is 0 Å². The first-order chi connectivity index (χ1) is 11.2. The number of nitrogens with one attached hydrogen (secondary N) is 1. The molecule has 3 rings (SSSR count). The van der Waals surface area contributed by atoms with Gasteiger partial charge >= 0.3 is 0 Å². The number of hydrogen-bond acceptors (Lipinski definition) is 3. The van der Waals surface area contributed by atoms with Crippen LogP contribution in [0.4, 0.5) is 0 Å². The van der Waals surface area contributed by atoms with Gasteiger partial charge in [-0.05, 0) is 25.8 Å². The molecular formula is C18H22N4O. The van der Waals surface area contributed by atoms with Crippen molar-refractivity contribution in [2.75, 3.05) is 13.1 Å². The fourth-order valence-electron chi connectivity index (χ4n) is 2.81. The molecule has 0 saturated carbocycles. The van der Waals surface area contributed by atoms with Crippen molar-refractivity contribution < 1.29 is 4.79 Å². The number of carbonyl (C=O) groups is 1. The number of dihydropyridines is 1. The Labute approximate surface area is 136 Å². The normalized spacial score (nSPS) is 18.7. The number of H-pyrrole nitrogens is 1. The van der Waals surface area contributed by atoms with Gasteiger partial charge in [0, 0.05) is 25.7 Å². The van der Waals surface area contributed by atoms with Gasteiger partial charge in [0.25, 0.3) is 5.91 Å². The SMILES string of the molecule is C/C=C(C)\C=C/C1=C(C(=O)N2CCc3nc[nH]c3C2)C=NCC1. The quantitative estimate of drug-likeness (QED) is 0.872. The first-order valence-corrected chi connectivity index (χ1v) is 8.03. The average Bonchev–Trinajstić information content (AvgIpc) is 3.06. The third-order valence-electron chi connectivity index (χ3n) is 4.37. The molecule has 1 N–H and O–H groups in total. The molecule has 120 valence electrons. The molecule has 0 saturated heterocycles. The highest BCUT2D eigenvalue weighted by molar-refractivity contribution is 6.13. The smallest absolute Gasteiger partial charge is 0.256 e. The number of aliphatic imine (C=N–C) groups is 1. The molecule has 0 aromatic carbocycles. The van der Waals surface area contributed by atoms with E-state index in [1.165, 1.54) is 5.57 Å². The molecule has 0 radical (unpaired) electrons. The Morgan fingerprint density at radius 1 is 1.39 bits per heavy atom. The average molecular weight is 310 g/mol. The maximum Gasteiger partial charge on any atom is 0.256 e. The number of amides is 1. The van der Waals surface area contributed by atoms with E-state index in [0.717, 1.165) is 41.9 Å². The van der Waals surface area contributed by atoms with Crippen molar-refractivity contribution in [3.63, 3.8) is 0 Å². The highest BCUT2D eigenvalue weighted by Gasteiger charge is 2.26. The maximum absolute atomic E-state index is 12.9. The zero-order chi connectivity index (χ0) is 16.2. The minimum absolute atomic E-state index is 0.0616. The predicted octanol–water partition coefficient (Wildman–Crippen LogP) is 2.59. The molecule has 0 spiro atoms. The Morgan fingerprint density at radius 3 is 3.09 bits per heavy atom. The van der Waals surface area contributed by atoms with E-state index in [2.05, 4.69) is 40.1 Å². The van der Waals surface area contributed by atoms with Gasteiger partial charge in [0.15, 0.2) is 0 Å². The summed E-state index contributed by atoms with van der Waals surface area (Å²) in [4.78, 5) is 26.5. The van der Waals surface area contributed by atoms with Crippen LogP contribution in [-0.4, -0.2) is 40.1 Å². The number of aromatic amines is 1. The molecular weight excluding hydrogens is 288 g/mol. The van der Waals surface area contributed by atoms with Crippen LogP contribution in [0.5, 0.6) is 0 Å². The summed E-state index contributed by atoms with van der Waals surface area (Å²) < 4.78 is 0. The molecule has 0 aliphatic carbocycles. The summed E-state index contributed by atoms with van der Waals surface area (Å²) >= 11 is 0. The number of nitrogens with zero attached hydrogens (tertiary/aromatic N) is 3. The summed E-state index contributed by atoms with van der Waals surface area (Å²) in [6, 6.07) is 0. The van der Waals surface area contributed by atoms with Crippen molar-refractivity contribution in [2.24, 2.45) is 4.99 Å². The zero-order valence-corrected chi connectivity index (χ0v) is 13.7. The third kappa shape index (κ3) is 3.33. The van der Waals surface area contributed by atoms with Crippen molar-refractivity contribution in [3.05, 3.63) is 52.7 Å². The van der Waals surface area contributed by atoms with Crippen LogP contribution in [0.2, 0.25) is 0 Å². The minimum Gasteiger partial charge on any atom is -0.347 e. The Balaban J connectivity index is 1.83. The molecule has 0 fully saturated rings. The van der Waals surface area contributed by atoms with Gasteiger partial charge in [-0.25, -0.2) is 4.98 Å². The second-order valence-electron chi connectivity index (χ2n) is 5.89. The molecule has 2 aliphatic rings. The van der Waals surface area contributed by atoms with E-state index < -0.39 is 0 Å². The molecule has 1 amide bonds. The van der Waals surface area contributed by atoms with Crippen LogP contribution in [0.15, 0.2) is 46.3 Å². The fraction of sp³-hybridized carbons (Fsp3) is 0.389. The van der Waals surface area contributed by atoms with Crippen molar-refractivity contribution >= 4 is 12.1 Å².